The zero-order valence-corrected chi connectivity index (χ0v) is 18.9. The van der Waals surface area contributed by atoms with E-state index in [4.69, 9.17) is 14.2 Å². The van der Waals surface area contributed by atoms with Crippen LogP contribution in [0.2, 0.25) is 0 Å². The number of Topliss-reactive ketones (excluding diaryl/α,β-unsaturated/α-hetero) is 1. The summed E-state index contributed by atoms with van der Waals surface area (Å²) in [6, 6.07) is 22.1. The third-order valence-corrected chi connectivity index (χ3v) is 6.36. The fraction of sp³-hybridized carbons (Fsp3) is 0.250. The van der Waals surface area contributed by atoms with Gasteiger partial charge in [-0.3, -0.25) is 4.79 Å². The van der Waals surface area contributed by atoms with E-state index in [1.54, 1.807) is 14.2 Å². The number of carbonyl (C=O) groups excluding carboxylic acids is 1. The third-order valence-electron chi connectivity index (χ3n) is 6.36. The van der Waals surface area contributed by atoms with E-state index in [1.165, 1.54) is 0 Å². The van der Waals surface area contributed by atoms with Gasteiger partial charge in [-0.2, -0.15) is 0 Å². The molecule has 0 radical (unpaired) electrons. The van der Waals surface area contributed by atoms with E-state index in [1.807, 2.05) is 54.6 Å². The van der Waals surface area contributed by atoms with Crippen molar-refractivity contribution in [1.29, 1.82) is 0 Å². The summed E-state index contributed by atoms with van der Waals surface area (Å²) in [7, 11) is 3.26. The minimum absolute atomic E-state index is 0.160. The van der Waals surface area contributed by atoms with Gasteiger partial charge in [-0.05, 0) is 47.7 Å². The van der Waals surface area contributed by atoms with Crippen molar-refractivity contribution in [3.8, 4) is 17.2 Å². The average molecular weight is 442 g/mol. The van der Waals surface area contributed by atoms with E-state index >= 15 is 0 Å². The first-order valence-electron chi connectivity index (χ1n) is 11.2. The van der Waals surface area contributed by atoms with E-state index in [2.05, 4.69) is 17.4 Å². The number of carbonyl (C=O) groups is 1. The molecule has 1 aliphatic carbocycles. The summed E-state index contributed by atoms with van der Waals surface area (Å²) < 4.78 is 17.1. The molecule has 0 unspecified atom stereocenters. The highest BCUT2D eigenvalue weighted by Crippen LogP contribution is 2.48. The van der Waals surface area contributed by atoms with Crippen LogP contribution in [0.1, 0.15) is 41.9 Å². The molecule has 1 N–H and O–H groups in total. The van der Waals surface area contributed by atoms with Crippen LogP contribution in [0.4, 0.5) is 5.69 Å². The number of anilines is 1. The van der Waals surface area contributed by atoms with E-state index in [0.29, 0.717) is 24.5 Å². The molecule has 0 amide bonds. The molecule has 3 aromatic carbocycles. The molecule has 0 spiro atoms. The number of hydrogen-bond donors (Lipinski definition) is 1. The SMILES string of the molecule is COc1cc2c(cc1OC)[C@@H](c1ccc(OCc3ccccc3)cc1)C1=C(CCCC1=O)N2. The number of ether oxygens (including phenoxy) is 3. The van der Waals surface area contributed by atoms with Crippen molar-refractivity contribution in [2.45, 2.75) is 31.8 Å². The predicted molar refractivity (Wildman–Crippen MR) is 128 cm³/mol. The highest BCUT2D eigenvalue weighted by Gasteiger charge is 2.36. The summed E-state index contributed by atoms with van der Waals surface area (Å²) in [5.41, 5.74) is 6.02. The first kappa shape index (κ1) is 21.1. The molecule has 1 atom stereocenters. The number of fused-ring (bicyclic) bond motifs is 1. The zero-order valence-electron chi connectivity index (χ0n) is 18.9. The first-order chi connectivity index (χ1) is 16.2. The summed E-state index contributed by atoms with van der Waals surface area (Å²) in [6.45, 7) is 0.515. The Morgan fingerprint density at radius 2 is 1.64 bits per heavy atom. The van der Waals surface area contributed by atoms with Crippen molar-refractivity contribution in [3.05, 3.63) is 94.7 Å². The lowest BCUT2D eigenvalue weighted by atomic mass is 9.75. The predicted octanol–water partition coefficient (Wildman–Crippen LogP) is 5.85. The number of nitrogens with one attached hydrogen (secondary N) is 1. The maximum atomic E-state index is 13.0. The van der Waals surface area contributed by atoms with Crippen LogP contribution in [0.15, 0.2) is 78.0 Å². The van der Waals surface area contributed by atoms with Crippen molar-refractivity contribution >= 4 is 11.5 Å². The van der Waals surface area contributed by atoms with Crippen molar-refractivity contribution in [1.82, 2.24) is 0 Å². The van der Waals surface area contributed by atoms with Gasteiger partial charge in [-0.25, -0.2) is 0 Å². The van der Waals surface area contributed by atoms with Gasteiger partial charge < -0.3 is 19.5 Å². The molecular formula is C28H27NO4. The molecule has 5 rings (SSSR count). The van der Waals surface area contributed by atoms with E-state index in [9.17, 15) is 4.79 Å². The molecule has 2 aliphatic rings. The van der Waals surface area contributed by atoms with Crippen molar-refractivity contribution in [2.75, 3.05) is 19.5 Å². The largest absolute Gasteiger partial charge is 0.493 e. The Morgan fingerprint density at radius 3 is 2.36 bits per heavy atom. The van der Waals surface area contributed by atoms with Gasteiger partial charge in [0.15, 0.2) is 17.3 Å². The number of methoxy groups -OCH3 is 2. The molecule has 168 valence electrons. The fourth-order valence-corrected chi connectivity index (χ4v) is 4.73. The third kappa shape index (κ3) is 4.07. The summed E-state index contributed by atoms with van der Waals surface area (Å²) in [5, 5.41) is 3.50. The van der Waals surface area contributed by atoms with E-state index < -0.39 is 0 Å². The maximum absolute atomic E-state index is 13.0. The summed E-state index contributed by atoms with van der Waals surface area (Å²) >= 11 is 0. The monoisotopic (exact) mass is 441 g/mol. The van der Waals surface area contributed by atoms with Gasteiger partial charge in [0.05, 0.1) is 14.2 Å². The summed E-state index contributed by atoms with van der Waals surface area (Å²) in [6.07, 6.45) is 2.31. The first-order valence-corrected chi connectivity index (χ1v) is 11.2. The standard InChI is InChI=1S/C28H27NO4/c1-31-25-15-21-23(16-26(25)32-2)29-22-9-6-10-24(30)28(22)27(21)19-11-13-20(14-12-19)33-17-18-7-4-3-5-8-18/h3-5,7-8,11-16,27,29H,6,9-10,17H2,1-2H3/t27-/m1/s1. The normalized spacial score (nSPS) is 17.0. The fourth-order valence-electron chi connectivity index (χ4n) is 4.73. The molecule has 0 saturated heterocycles. The molecule has 0 aromatic heterocycles. The molecule has 1 aliphatic heterocycles. The summed E-state index contributed by atoms with van der Waals surface area (Å²) in [5.74, 6) is 2.16. The van der Waals surface area contributed by atoms with Gasteiger partial charge in [-0.1, -0.05) is 42.5 Å². The number of hydrogen-bond acceptors (Lipinski definition) is 5. The van der Waals surface area contributed by atoms with Crippen molar-refractivity contribution in [2.24, 2.45) is 0 Å². The van der Waals surface area contributed by atoms with Crippen LogP contribution >= 0.6 is 0 Å². The van der Waals surface area contributed by atoms with Crippen LogP contribution in [0.5, 0.6) is 17.2 Å². The second-order valence-corrected chi connectivity index (χ2v) is 8.36. The second-order valence-electron chi connectivity index (χ2n) is 8.36. The Hall–Kier alpha value is -3.73. The Balaban J connectivity index is 1.51. The summed E-state index contributed by atoms with van der Waals surface area (Å²) in [4.78, 5) is 13.0. The van der Waals surface area contributed by atoms with Crippen LogP contribution in [0.25, 0.3) is 0 Å². The molecule has 3 aromatic rings. The molecular weight excluding hydrogens is 414 g/mol. The van der Waals surface area contributed by atoms with Crippen molar-refractivity contribution in [3.63, 3.8) is 0 Å². The number of allylic oxidation sites excluding steroid dienone is 2. The average Bonchev–Trinajstić information content (AvgIpc) is 2.86. The highest BCUT2D eigenvalue weighted by atomic mass is 16.5. The van der Waals surface area contributed by atoms with Crippen LogP contribution < -0.4 is 19.5 Å². The topological polar surface area (TPSA) is 56.8 Å². The van der Waals surface area contributed by atoms with Gasteiger partial charge in [0, 0.05) is 35.4 Å². The smallest absolute Gasteiger partial charge is 0.162 e. The molecule has 1 heterocycles. The zero-order chi connectivity index (χ0) is 22.8. The Bertz CT molecular complexity index is 1200. The second kappa shape index (κ2) is 9.02. The van der Waals surface area contributed by atoms with Crippen LogP contribution in [-0.4, -0.2) is 20.0 Å². The molecule has 33 heavy (non-hydrogen) atoms. The lowest BCUT2D eigenvalue weighted by Crippen LogP contribution is -2.27. The van der Waals surface area contributed by atoms with Gasteiger partial charge in [0.2, 0.25) is 0 Å². The maximum Gasteiger partial charge on any atom is 0.162 e. The quantitative estimate of drug-likeness (QED) is 0.520. The number of ketones is 1. The Morgan fingerprint density at radius 1 is 0.909 bits per heavy atom. The van der Waals surface area contributed by atoms with Crippen LogP contribution in [0, 0.1) is 0 Å². The Labute approximate surface area is 194 Å². The number of rotatable bonds is 6. The molecule has 0 fully saturated rings. The number of benzene rings is 3. The molecule has 0 saturated carbocycles. The van der Waals surface area contributed by atoms with Gasteiger partial charge in [-0.15, -0.1) is 0 Å². The highest BCUT2D eigenvalue weighted by molar-refractivity contribution is 6.01. The van der Waals surface area contributed by atoms with Crippen molar-refractivity contribution < 1.29 is 19.0 Å². The molecule has 5 nitrogen and oxygen atoms in total. The molecule has 0 bridgehead atoms. The minimum atomic E-state index is -0.160. The molecule has 5 heteroatoms. The lowest BCUT2D eigenvalue weighted by molar-refractivity contribution is -0.116. The lowest BCUT2D eigenvalue weighted by Gasteiger charge is -2.34. The minimum Gasteiger partial charge on any atom is -0.493 e. The van der Waals surface area contributed by atoms with E-state index in [0.717, 1.165) is 52.2 Å². The van der Waals surface area contributed by atoms with Crippen LogP contribution in [-0.2, 0) is 11.4 Å². The van der Waals surface area contributed by atoms with Gasteiger partial charge in [0.1, 0.15) is 12.4 Å². The van der Waals surface area contributed by atoms with E-state index in [-0.39, 0.29) is 11.7 Å². The Kier molecular flexibility index (Phi) is 5.78. The van der Waals surface area contributed by atoms with Crippen LogP contribution in [0.3, 0.4) is 0 Å². The van der Waals surface area contributed by atoms with Gasteiger partial charge >= 0.3 is 0 Å². The van der Waals surface area contributed by atoms with Gasteiger partial charge in [0.25, 0.3) is 0 Å².